The number of benzene rings is 1. The van der Waals surface area contributed by atoms with Crippen LogP contribution in [0.15, 0.2) is 30.3 Å². The van der Waals surface area contributed by atoms with E-state index in [-0.39, 0.29) is 18.1 Å². The fourth-order valence-electron chi connectivity index (χ4n) is 1.79. The van der Waals surface area contributed by atoms with Gasteiger partial charge in [0.05, 0.1) is 13.5 Å². The highest BCUT2D eigenvalue weighted by molar-refractivity contribution is 6.74. The zero-order valence-electron chi connectivity index (χ0n) is 15.4. The molecule has 134 valence electrons. The molecular formula is C18H28O5Si. The fraction of sp³-hybridized carbons (Fsp3) is 0.556. The molecule has 0 heterocycles. The van der Waals surface area contributed by atoms with E-state index in [9.17, 15) is 9.59 Å². The number of hydrogen-bond acceptors (Lipinski definition) is 5. The minimum absolute atomic E-state index is 0.0762. The zero-order valence-corrected chi connectivity index (χ0v) is 16.4. The minimum Gasteiger partial charge on any atom is -0.467 e. The van der Waals surface area contributed by atoms with Crippen LogP contribution in [-0.2, 0) is 30.1 Å². The van der Waals surface area contributed by atoms with Gasteiger partial charge in [-0.25, -0.2) is 4.79 Å². The maximum Gasteiger partial charge on any atom is 0.334 e. The van der Waals surface area contributed by atoms with Gasteiger partial charge in [-0.15, -0.1) is 0 Å². The van der Waals surface area contributed by atoms with Gasteiger partial charge in [0.2, 0.25) is 0 Å². The quantitative estimate of drug-likeness (QED) is 0.553. The topological polar surface area (TPSA) is 61.8 Å². The van der Waals surface area contributed by atoms with Crippen LogP contribution in [0.1, 0.15) is 32.8 Å². The highest BCUT2D eigenvalue weighted by atomic mass is 28.4. The van der Waals surface area contributed by atoms with Crippen molar-refractivity contribution in [1.29, 1.82) is 0 Å². The molecule has 1 aromatic carbocycles. The summed E-state index contributed by atoms with van der Waals surface area (Å²) < 4.78 is 16.1. The van der Waals surface area contributed by atoms with E-state index in [1.807, 2.05) is 43.4 Å². The number of hydrogen-bond donors (Lipinski definition) is 0. The van der Waals surface area contributed by atoms with Gasteiger partial charge in [0, 0.05) is 0 Å². The number of esters is 2. The largest absolute Gasteiger partial charge is 0.467 e. The second kappa shape index (κ2) is 8.44. The number of carbonyl (C=O) groups is 2. The first kappa shape index (κ1) is 20.4. The molecule has 0 aliphatic carbocycles. The Morgan fingerprint density at radius 3 is 2.21 bits per heavy atom. The molecule has 6 heteroatoms. The summed E-state index contributed by atoms with van der Waals surface area (Å²) in [6.07, 6.45) is -1.08. The van der Waals surface area contributed by atoms with Crippen LogP contribution in [0.4, 0.5) is 0 Å². The smallest absolute Gasteiger partial charge is 0.334 e. The Balaban J connectivity index is 2.69. The highest BCUT2D eigenvalue weighted by Gasteiger charge is 2.41. The van der Waals surface area contributed by atoms with E-state index in [1.54, 1.807) is 0 Å². The molecule has 0 aliphatic heterocycles. The van der Waals surface area contributed by atoms with Crippen LogP contribution in [0.25, 0.3) is 0 Å². The van der Waals surface area contributed by atoms with Crippen LogP contribution in [0.3, 0.4) is 0 Å². The van der Waals surface area contributed by atoms with Gasteiger partial charge in [0.1, 0.15) is 6.61 Å². The summed E-state index contributed by atoms with van der Waals surface area (Å²) in [6.45, 7) is 10.4. The molecule has 0 aliphatic rings. The van der Waals surface area contributed by atoms with Crippen LogP contribution in [0.5, 0.6) is 0 Å². The van der Waals surface area contributed by atoms with Crippen molar-refractivity contribution < 1.29 is 23.5 Å². The lowest BCUT2D eigenvalue weighted by atomic mass is 10.2. The molecule has 0 saturated carbocycles. The summed E-state index contributed by atoms with van der Waals surface area (Å²) in [5.74, 6) is -1.02. The van der Waals surface area contributed by atoms with Crippen molar-refractivity contribution in [2.45, 2.75) is 58.0 Å². The number of rotatable bonds is 7. The van der Waals surface area contributed by atoms with Crippen molar-refractivity contribution in [3.05, 3.63) is 35.9 Å². The molecule has 5 nitrogen and oxygen atoms in total. The van der Waals surface area contributed by atoms with E-state index in [2.05, 4.69) is 20.8 Å². The van der Waals surface area contributed by atoms with Gasteiger partial charge < -0.3 is 13.9 Å². The molecule has 0 N–H and O–H groups in total. The lowest BCUT2D eigenvalue weighted by Gasteiger charge is -2.38. The minimum atomic E-state index is -2.21. The van der Waals surface area contributed by atoms with Gasteiger partial charge in [-0.1, -0.05) is 51.1 Å². The monoisotopic (exact) mass is 352 g/mol. The molecule has 0 bridgehead atoms. The molecule has 0 amide bonds. The first-order valence-electron chi connectivity index (χ1n) is 8.02. The average Bonchev–Trinajstić information content (AvgIpc) is 2.51. The van der Waals surface area contributed by atoms with Gasteiger partial charge in [0.25, 0.3) is 0 Å². The predicted octanol–water partition coefficient (Wildman–Crippen LogP) is 3.68. The Kier molecular flexibility index (Phi) is 7.17. The van der Waals surface area contributed by atoms with Gasteiger partial charge >= 0.3 is 11.9 Å². The molecule has 0 fully saturated rings. The zero-order chi connectivity index (χ0) is 18.4. The molecule has 0 saturated heterocycles. The van der Waals surface area contributed by atoms with Crippen molar-refractivity contribution in [3.63, 3.8) is 0 Å². The number of carbonyl (C=O) groups excluding carboxylic acids is 2. The fourth-order valence-corrected chi connectivity index (χ4v) is 3.03. The average molecular weight is 353 g/mol. The van der Waals surface area contributed by atoms with Crippen LogP contribution in [-0.4, -0.2) is 33.5 Å². The Morgan fingerprint density at radius 2 is 1.71 bits per heavy atom. The Labute approximate surface area is 145 Å². The van der Waals surface area contributed by atoms with Gasteiger partial charge in [-0.3, -0.25) is 4.79 Å². The molecule has 0 radical (unpaired) electrons. The van der Waals surface area contributed by atoms with Crippen molar-refractivity contribution in [2.75, 3.05) is 7.11 Å². The molecule has 0 spiro atoms. The molecule has 24 heavy (non-hydrogen) atoms. The number of methoxy groups -OCH3 is 1. The second-order valence-electron chi connectivity index (χ2n) is 7.24. The molecule has 1 aromatic rings. The molecular weight excluding hydrogens is 324 g/mol. The van der Waals surface area contributed by atoms with E-state index < -0.39 is 26.4 Å². The SMILES string of the molecule is COC(=O)[C@H](CC(=O)OCc1ccccc1)O[Si](C)(C)C(C)(C)C. The van der Waals surface area contributed by atoms with E-state index in [1.165, 1.54) is 7.11 Å². The lowest BCUT2D eigenvalue weighted by molar-refractivity contribution is -0.157. The Morgan fingerprint density at radius 1 is 1.12 bits per heavy atom. The van der Waals surface area contributed by atoms with Crippen LogP contribution < -0.4 is 0 Å². The predicted molar refractivity (Wildman–Crippen MR) is 94.9 cm³/mol. The first-order chi connectivity index (χ1) is 11.1. The summed E-state index contributed by atoms with van der Waals surface area (Å²) in [4.78, 5) is 24.1. The van der Waals surface area contributed by atoms with Crippen LogP contribution >= 0.6 is 0 Å². The van der Waals surface area contributed by atoms with Crippen LogP contribution in [0, 0.1) is 0 Å². The third kappa shape index (κ3) is 6.09. The van der Waals surface area contributed by atoms with Gasteiger partial charge in [0.15, 0.2) is 14.4 Å². The van der Waals surface area contributed by atoms with E-state index in [0.717, 1.165) is 5.56 Å². The normalized spacial score (nSPS) is 13.2. The number of ether oxygens (including phenoxy) is 2. The summed E-state index contributed by atoms with van der Waals surface area (Å²) in [7, 11) is -0.918. The van der Waals surface area contributed by atoms with E-state index >= 15 is 0 Å². The summed E-state index contributed by atoms with van der Waals surface area (Å²) in [5, 5.41) is -0.0762. The van der Waals surface area contributed by atoms with Crippen molar-refractivity contribution >= 4 is 20.3 Å². The maximum absolute atomic E-state index is 12.1. The van der Waals surface area contributed by atoms with Crippen molar-refractivity contribution in [3.8, 4) is 0 Å². The second-order valence-corrected chi connectivity index (χ2v) is 12.0. The molecule has 1 rings (SSSR count). The lowest BCUT2D eigenvalue weighted by Crippen LogP contribution is -2.47. The van der Waals surface area contributed by atoms with Crippen molar-refractivity contribution in [1.82, 2.24) is 0 Å². The van der Waals surface area contributed by atoms with E-state index in [0.29, 0.717) is 0 Å². The Bertz CT molecular complexity index is 548. The summed E-state index contributed by atoms with van der Waals surface area (Å²) >= 11 is 0. The standard InChI is InChI=1S/C18H28O5Si/c1-18(2,3)24(5,6)23-15(17(20)21-4)12-16(19)22-13-14-10-8-7-9-11-14/h7-11,15H,12-13H2,1-6H3/t15-/m0/s1. The van der Waals surface area contributed by atoms with E-state index in [4.69, 9.17) is 13.9 Å². The first-order valence-corrected chi connectivity index (χ1v) is 10.9. The third-order valence-corrected chi connectivity index (χ3v) is 8.79. The maximum atomic E-state index is 12.1. The van der Waals surface area contributed by atoms with Crippen molar-refractivity contribution in [2.24, 2.45) is 0 Å². The molecule has 0 unspecified atom stereocenters. The van der Waals surface area contributed by atoms with Gasteiger partial charge in [-0.2, -0.15) is 0 Å². The highest BCUT2D eigenvalue weighted by Crippen LogP contribution is 2.37. The molecule has 0 aromatic heterocycles. The van der Waals surface area contributed by atoms with Gasteiger partial charge in [-0.05, 0) is 23.7 Å². The molecule has 1 atom stereocenters. The summed E-state index contributed by atoms with van der Waals surface area (Å²) in [5.41, 5.74) is 0.894. The third-order valence-electron chi connectivity index (χ3n) is 4.30. The van der Waals surface area contributed by atoms with Crippen LogP contribution in [0.2, 0.25) is 18.1 Å². The summed E-state index contributed by atoms with van der Waals surface area (Å²) in [6, 6.07) is 9.39. The Hall–Kier alpha value is -1.66.